The van der Waals surface area contributed by atoms with Gasteiger partial charge in [0.15, 0.2) is 0 Å². The third-order valence-electron chi connectivity index (χ3n) is 3.89. The van der Waals surface area contributed by atoms with Crippen LogP contribution < -0.4 is 0 Å². The van der Waals surface area contributed by atoms with Crippen molar-refractivity contribution in [2.24, 2.45) is 10.8 Å². The van der Waals surface area contributed by atoms with E-state index in [1.807, 2.05) is 0 Å². The van der Waals surface area contributed by atoms with Crippen LogP contribution in [0, 0.1) is 10.8 Å². The highest BCUT2D eigenvalue weighted by Gasteiger charge is 2.64. The van der Waals surface area contributed by atoms with Crippen LogP contribution in [0.1, 0.15) is 25.7 Å². The van der Waals surface area contributed by atoms with Crippen LogP contribution in [-0.2, 0) is 0 Å². The molecule has 0 unspecified atom stereocenters. The average molecular weight is 142 g/mol. The predicted molar refractivity (Wildman–Crippen MR) is 37.5 cm³/mol. The normalized spacial score (nSPS) is 51.0. The van der Waals surface area contributed by atoms with Gasteiger partial charge in [-0.05, 0) is 25.7 Å². The maximum absolute atomic E-state index is 9.05. The van der Waals surface area contributed by atoms with E-state index in [1.165, 1.54) is 0 Å². The van der Waals surface area contributed by atoms with E-state index in [1.54, 1.807) is 0 Å². The summed E-state index contributed by atoms with van der Waals surface area (Å²) in [5.41, 5.74) is 0.309. The molecule has 0 saturated heterocycles. The van der Waals surface area contributed by atoms with E-state index in [9.17, 15) is 0 Å². The lowest BCUT2D eigenvalue weighted by Crippen LogP contribution is -2.63. The van der Waals surface area contributed by atoms with Crippen LogP contribution in [0.5, 0.6) is 0 Å². The Kier molecular flexibility index (Phi) is 1.15. The van der Waals surface area contributed by atoms with Crippen LogP contribution in [0.25, 0.3) is 0 Å². The number of aliphatic hydroxyl groups excluding tert-OH is 2. The van der Waals surface area contributed by atoms with Gasteiger partial charge in [-0.3, -0.25) is 0 Å². The summed E-state index contributed by atoms with van der Waals surface area (Å²) < 4.78 is 0. The number of hydrogen-bond acceptors (Lipinski definition) is 2. The second-order valence-corrected chi connectivity index (χ2v) is 3.88. The molecule has 2 aliphatic rings. The lowest BCUT2D eigenvalue weighted by atomic mass is 9.38. The van der Waals surface area contributed by atoms with Gasteiger partial charge in [-0.25, -0.2) is 0 Å². The quantitative estimate of drug-likeness (QED) is 0.590. The first kappa shape index (κ1) is 6.62. The molecule has 0 radical (unpaired) electrons. The minimum atomic E-state index is 0.155. The number of aliphatic hydroxyl groups is 2. The van der Waals surface area contributed by atoms with Crippen molar-refractivity contribution < 1.29 is 10.2 Å². The monoisotopic (exact) mass is 142 g/mol. The summed E-state index contributed by atoms with van der Waals surface area (Å²) in [6.07, 6.45) is 4.52. The predicted octanol–water partition coefficient (Wildman–Crippen LogP) is 0.531. The Labute approximate surface area is 60.9 Å². The number of fused-ring (bicyclic) bond motifs is 1. The summed E-state index contributed by atoms with van der Waals surface area (Å²) in [4.78, 5) is 0. The molecule has 0 amide bonds. The van der Waals surface area contributed by atoms with Crippen molar-refractivity contribution in [3.05, 3.63) is 0 Å². The fourth-order valence-electron chi connectivity index (χ4n) is 2.57. The molecular formula is C8H14O2. The van der Waals surface area contributed by atoms with Gasteiger partial charge >= 0.3 is 0 Å². The zero-order valence-electron chi connectivity index (χ0n) is 6.14. The Morgan fingerprint density at radius 2 is 1.10 bits per heavy atom. The van der Waals surface area contributed by atoms with Gasteiger partial charge in [-0.2, -0.15) is 0 Å². The van der Waals surface area contributed by atoms with Crippen molar-refractivity contribution in [2.45, 2.75) is 25.7 Å². The third kappa shape index (κ3) is 0.453. The van der Waals surface area contributed by atoms with E-state index >= 15 is 0 Å². The largest absolute Gasteiger partial charge is 0.396 e. The van der Waals surface area contributed by atoms with Gasteiger partial charge in [0.2, 0.25) is 0 Å². The first-order valence-electron chi connectivity index (χ1n) is 4.00. The van der Waals surface area contributed by atoms with E-state index in [0.717, 1.165) is 25.7 Å². The molecule has 2 aliphatic carbocycles. The molecule has 2 N–H and O–H groups in total. The van der Waals surface area contributed by atoms with E-state index in [2.05, 4.69) is 0 Å². The van der Waals surface area contributed by atoms with E-state index in [4.69, 9.17) is 10.2 Å². The van der Waals surface area contributed by atoms with Gasteiger partial charge in [-0.1, -0.05) is 0 Å². The second-order valence-electron chi connectivity index (χ2n) is 3.88. The fraction of sp³-hybridized carbons (Fsp3) is 1.00. The molecule has 10 heavy (non-hydrogen) atoms. The molecular weight excluding hydrogens is 128 g/mol. The lowest BCUT2D eigenvalue weighted by Gasteiger charge is -2.67. The van der Waals surface area contributed by atoms with Gasteiger partial charge < -0.3 is 10.2 Å². The van der Waals surface area contributed by atoms with Gasteiger partial charge in [0.1, 0.15) is 0 Å². The summed E-state index contributed by atoms with van der Waals surface area (Å²) in [5.74, 6) is 0. The molecule has 2 rings (SSSR count). The van der Waals surface area contributed by atoms with Crippen molar-refractivity contribution in [3.63, 3.8) is 0 Å². The summed E-state index contributed by atoms with van der Waals surface area (Å²) in [5, 5.41) is 18.1. The number of hydrogen-bond donors (Lipinski definition) is 2. The first-order chi connectivity index (χ1) is 4.79. The summed E-state index contributed by atoms with van der Waals surface area (Å²) in [6, 6.07) is 0. The molecule has 2 saturated carbocycles. The smallest absolute Gasteiger partial charge is 0.0493 e. The van der Waals surface area contributed by atoms with Crippen LogP contribution in [-0.4, -0.2) is 23.4 Å². The zero-order valence-corrected chi connectivity index (χ0v) is 6.14. The summed E-state index contributed by atoms with van der Waals surface area (Å²) >= 11 is 0. The minimum Gasteiger partial charge on any atom is -0.396 e. The van der Waals surface area contributed by atoms with Crippen LogP contribution in [0.15, 0.2) is 0 Å². The molecule has 2 fully saturated rings. The Morgan fingerprint density at radius 1 is 0.800 bits per heavy atom. The molecule has 0 aromatic carbocycles. The standard InChI is InChI=1S/C8H14O2/c9-5-7-1-2-8(7,6-10)4-3-7/h9-10H,1-6H2. The van der Waals surface area contributed by atoms with Gasteiger partial charge in [0.05, 0.1) is 0 Å². The fourth-order valence-corrected chi connectivity index (χ4v) is 2.57. The van der Waals surface area contributed by atoms with Gasteiger partial charge in [0, 0.05) is 24.0 Å². The molecule has 2 nitrogen and oxygen atoms in total. The topological polar surface area (TPSA) is 40.5 Å². The Morgan fingerprint density at radius 3 is 1.20 bits per heavy atom. The first-order valence-corrected chi connectivity index (χ1v) is 4.00. The maximum Gasteiger partial charge on any atom is 0.0493 e. The molecule has 0 aromatic heterocycles. The second kappa shape index (κ2) is 1.74. The lowest BCUT2D eigenvalue weighted by molar-refractivity contribution is -0.220. The highest BCUT2D eigenvalue weighted by molar-refractivity contribution is 5.13. The maximum atomic E-state index is 9.05. The van der Waals surface area contributed by atoms with Crippen molar-refractivity contribution in [1.82, 2.24) is 0 Å². The average Bonchev–Trinajstić information content (AvgIpc) is 1.96. The van der Waals surface area contributed by atoms with Crippen LogP contribution in [0.4, 0.5) is 0 Å². The molecule has 0 aromatic rings. The van der Waals surface area contributed by atoms with E-state index in [0.29, 0.717) is 0 Å². The van der Waals surface area contributed by atoms with Crippen molar-refractivity contribution in [2.75, 3.05) is 13.2 Å². The highest BCUT2D eigenvalue weighted by Crippen LogP contribution is 2.69. The Bertz CT molecular complexity index is 116. The van der Waals surface area contributed by atoms with Gasteiger partial charge in [0.25, 0.3) is 0 Å². The molecule has 0 heterocycles. The van der Waals surface area contributed by atoms with E-state index < -0.39 is 0 Å². The SMILES string of the molecule is OCC12CCC1(CO)CC2. The van der Waals surface area contributed by atoms with Gasteiger partial charge in [-0.15, -0.1) is 0 Å². The van der Waals surface area contributed by atoms with E-state index in [-0.39, 0.29) is 24.0 Å². The molecule has 0 bridgehead atoms. The number of rotatable bonds is 2. The summed E-state index contributed by atoms with van der Waals surface area (Å²) in [7, 11) is 0. The van der Waals surface area contributed by atoms with Crippen molar-refractivity contribution >= 4 is 0 Å². The van der Waals surface area contributed by atoms with Crippen molar-refractivity contribution in [1.29, 1.82) is 0 Å². The molecule has 0 spiro atoms. The zero-order chi connectivity index (χ0) is 7.24. The van der Waals surface area contributed by atoms with Crippen LogP contribution in [0.2, 0.25) is 0 Å². The molecule has 58 valence electrons. The van der Waals surface area contributed by atoms with Crippen molar-refractivity contribution in [3.8, 4) is 0 Å². The minimum absolute atomic E-state index is 0.155. The molecule has 0 atom stereocenters. The van der Waals surface area contributed by atoms with Crippen LogP contribution in [0.3, 0.4) is 0 Å². The Balaban J connectivity index is 2.13. The third-order valence-corrected chi connectivity index (χ3v) is 3.89. The Hall–Kier alpha value is -0.0800. The van der Waals surface area contributed by atoms with Crippen LogP contribution >= 0.6 is 0 Å². The molecule has 2 heteroatoms. The highest BCUT2D eigenvalue weighted by atomic mass is 16.3. The summed E-state index contributed by atoms with van der Waals surface area (Å²) in [6.45, 7) is 0.571. The molecule has 0 aliphatic heterocycles.